The van der Waals surface area contributed by atoms with Crippen molar-refractivity contribution in [1.82, 2.24) is 4.90 Å². The fourth-order valence-electron chi connectivity index (χ4n) is 1.74. The van der Waals surface area contributed by atoms with Crippen LogP contribution in [0.25, 0.3) is 0 Å². The highest BCUT2D eigenvalue weighted by molar-refractivity contribution is 5.68. The molecule has 1 aliphatic heterocycles. The molecule has 0 bridgehead atoms. The van der Waals surface area contributed by atoms with Crippen molar-refractivity contribution in [1.29, 1.82) is 5.26 Å². The van der Waals surface area contributed by atoms with Gasteiger partial charge in [-0.2, -0.15) is 5.26 Å². The number of hydrogen-bond donors (Lipinski definition) is 0. The van der Waals surface area contributed by atoms with Gasteiger partial charge in [-0.05, 0) is 26.8 Å². The summed E-state index contributed by atoms with van der Waals surface area (Å²) in [5.74, 6) is 0. The molecule has 0 aromatic carbocycles. The van der Waals surface area contributed by atoms with Gasteiger partial charge in [0.25, 0.3) is 0 Å². The van der Waals surface area contributed by atoms with Crippen LogP contribution < -0.4 is 0 Å². The summed E-state index contributed by atoms with van der Waals surface area (Å²) in [5, 5.41) is 8.39. The quantitative estimate of drug-likeness (QED) is 0.676. The van der Waals surface area contributed by atoms with Crippen LogP contribution in [0.3, 0.4) is 0 Å². The number of halogens is 1. The third-order valence-corrected chi connectivity index (χ3v) is 2.70. The maximum Gasteiger partial charge on any atom is 0.410 e. The second-order valence-corrected chi connectivity index (χ2v) is 5.46. The molecule has 0 atom stereocenters. The zero-order chi connectivity index (χ0) is 13.8. The molecular formula is C13H19FN2O2. The van der Waals surface area contributed by atoms with Crippen molar-refractivity contribution < 1.29 is 13.9 Å². The number of amides is 1. The molecule has 0 N–H and O–H groups in total. The van der Waals surface area contributed by atoms with Crippen LogP contribution in [-0.2, 0) is 4.74 Å². The molecule has 1 aliphatic rings. The zero-order valence-corrected chi connectivity index (χ0v) is 11.1. The Labute approximate surface area is 107 Å². The minimum Gasteiger partial charge on any atom is -0.444 e. The monoisotopic (exact) mass is 254 g/mol. The summed E-state index contributed by atoms with van der Waals surface area (Å²) in [6.07, 6.45) is 2.42. The summed E-state index contributed by atoms with van der Waals surface area (Å²) in [7, 11) is 0. The van der Waals surface area contributed by atoms with Crippen LogP contribution in [0.1, 0.15) is 33.6 Å². The summed E-state index contributed by atoms with van der Waals surface area (Å²) in [4.78, 5) is 13.3. The zero-order valence-electron chi connectivity index (χ0n) is 11.1. The van der Waals surface area contributed by atoms with E-state index in [2.05, 4.69) is 0 Å². The van der Waals surface area contributed by atoms with Gasteiger partial charge in [0.15, 0.2) is 0 Å². The lowest BCUT2D eigenvalue weighted by atomic mass is 9.93. The molecule has 1 fully saturated rings. The van der Waals surface area contributed by atoms with Gasteiger partial charge >= 0.3 is 6.09 Å². The van der Waals surface area contributed by atoms with Crippen molar-refractivity contribution in [3.63, 3.8) is 0 Å². The van der Waals surface area contributed by atoms with Crippen molar-refractivity contribution in [2.45, 2.75) is 44.9 Å². The van der Waals surface area contributed by atoms with E-state index < -0.39 is 17.4 Å². The van der Waals surface area contributed by atoms with E-state index in [0.717, 1.165) is 6.08 Å². The van der Waals surface area contributed by atoms with E-state index in [0.29, 0.717) is 13.1 Å². The van der Waals surface area contributed by atoms with Crippen LogP contribution in [0.4, 0.5) is 9.18 Å². The maximum absolute atomic E-state index is 14.1. The molecule has 4 nitrogen and oxygen atoms in total. The first-order valence-corrected chi connectivity index (χ1v) is 6.00. The molecule has 18 heavy (non-hydrogen) atoms. The van der Waals surface area contributed by atoms with E-state index in [-0.39, 0.29) is 12.8 Å². The second kappa shape index (κ2) is 5.38. The average molecular weight is 254 g/mol. The van der Waals surface area contributed by atoms with Crippen molar-refractivity contribution in [2.75, 3.05) is 13.1 Å². The van der Waals surface area contributed by atoms with Gasteiger partial charge in [-0.3, -0.25) is 0 Å². The van der Waals surface area contributed by atoms with Crippen molar-refractivity contribution >= 4 is 6.09 Å². The van der Waals surface area contributed by atoms with Crippen molar-refractivity contribution in [2.24, 2.45) is 0 Å². The van der Waals surface area contributed by atoms with Crippen LogP contribution in [-0.4, -0.2) is 35.4 Å². The highest BCUT2D eigenvalue weighted by Crippen LogP contribution is 2.28. The predicted octanol–water partition coefficient (Wildman–Crippen LogP) is 2.81. The Hall–Kier alpha value is -1.57. The molecule has 1 rings (SSSR count). The Balaban J connectivity index is 2.52. The number of carbonyl (C=O) groups excluding carboxylic acids is 1. The number of nitriles is 1. The first kappa shape index (κ1) is 14.5. The minimum atomic E-state index is -1.48. The number of rotatable bonds is 1. The minimum absolute atomic E-state index is 0.199. The number of alkyl halides is 1. The Morgan fingerprint density at radius 2 is 2.00 bits per heavy atom. The SMILES string of the molecule is CC(C)(C)OC(=O)N1CCC(F)(C=CC#N)CC1. The van der Waals surface area contributed by atoms with E-state index in [4.69, 9.17) is 10.00 Å². The number of ether oxygens (including phenoxy) is 1. The first-order chi connectivity index (χ1) is 8.26. The molecule has 0 radical (unpaired) electrons. The third-order valence-electron chi connectivity index (χ3n) is 2.70. The van der Waals surface area contributed by atoms with Gasteiger partial charge in [-0.1, -0.05) is 0 Å². The molecule has 0 unspecified atom stereocenters. The van der Waals surface area contributed by atoms with Crippen LogP contribution in [0.2, 0.25) is 0 Å². The molecular weight excluding hydrogens is 235 g/mol. The van der Waals surface area contributed by atoms with Gasteiger partial charge < -0.3 is 9.64 Å². The highest BCUT2D eigenvalue weighted by atomic mass is 19.1. The largest absolute Gasteiger partial charge is 0.444 e. The van der Waals surface area contributed by atoms with Gasteiger partial charge in [0.1, 0.15) is 11.3 Å². The highest BCUT2D eigenvalue weighted by Gasteiger charge is 2.35. The van der Waals surface area contributed by atoms with Gasteiger partial charge in [0, 0.05) is 32.0 Å². The van der Waals surface area contributed by atoms with Crippen LogP contribution in [0.15, 0.2) is 12.2 Å². The molecule has 0 spiro atoms. The lowest BCUT2D eigenvalue weighted by Gasteiger charge is -2.35. The fourth-order valence-corrected chi connectivity index (χ4v) is 1.74. The number of nitrogens with zero attached hydrogens (tertiary/aromatic N) is 2. The van der Waals surface area contributed by atoms with Crippen LogP contribution in [0, 0.1) is 11.3 Å². The molecule has 1 amide bonds. The van der Waals surface area contributed by atoms with Gasteiger partial charge in [0.05, 0.1) is 6.07 Å². The van der Waals surface area contributed by atoms with Gasteiger partial charge in [-0.25, -0.2) is 9.18 Å². The number of carbonyl (C=O) groups is 1. The fraction of sp³-hybridized carbons (Fsp3) is 0.692. The lowest BCUT2D eigenvalue weighted by molar-refractivity contribution is 0.0107. The topological polar surface area (TPSA) is 53.3 Å². The molecule has 0 aliphatic carbocycles. The van der Waals surface area contributed by atoms with Crippen molar-refractivity contribution in [3.8, 4) is 6.07 Å². The van der Waals surface area contributed by atoms with E-state index in [1.54, 1.807) is 26.8 Å². The summed E-state index contributed by atoms with van der Waals surface area (Å²) >= 11 is 0. The van der Waals surface area contributed by atoms with Gasteiger partial charge in [-0.15, -0.1) is 0 Å². The van der Waals surface area contributed by atoms with E-state index in [1.165, 1.54) is 11.0 Å². The standard InChI is InChI=1S/C13H19FN2O2/c1-12(2,3)18-11(17)16-9-6-13(14,7-10-16)5-4-8-15/h4-5H,6-7,9-10H2,1-3H3. The number of piperidine rings is 1. The average Bonchev–Trinajstić information content (AvgIpc) is 2.25. The Kier molecular flexibility index (Phi) is 4.33. The number of likely N-dealkylation sites (tertiary alicyclic amines) is 1. The molecule has 1 saturated heterocycles. The normalized spacial score (nSPS) is 19.6. The predicted molar refractivity (Wildman–Crippen MR) is 65.6 cm³/mol. The van der Waals surface area contributed by atoms with E-state index >= 15 is 0 Å². The summed E-state index contributed by atoms with van der Waals surface area (Å²) < 4.78 is 19.3. The molecule has 0 aromatic rings. The first-order valence-electron chi connectivity index (χ1n) is 6.00. The number of hydrogen-bond acceptors (Lipinski definition) is 3. The number of allylic oxidation sites excluding steroid dienone is 2. The molecule has 5 heteroatoms. The van der Waals surface area contributed by atoms with E-state index in [1.807, 2.05) is 0 Å². The van der Waals surface area contributed by atoms with Crippen molar-refractivity contribution in [3.05, 3.63) is 12.2 Å². The second-order valence-electron chi connectivity index (χ2n) is 5.46. The molecule has 100 valence electrons. The van der Waals surface area contributed by atoms with E-state index in [9.17, 15) is 9.18 Å². The Bertz CT molecular complexity index is 371. The lowest BCUT2D eigenvalue weighted by Crippen LogP contribution is -2.45. The molecule has 1 heterocycles. The Morgan fingerprint density at radius 3 is 2.44 bits per heavy atom. The molecule has 0 saturated carbocycles. The van der Waals surface area contributed by atoms with Crippen LogP contribution in [0.5, 0.6) is 0 Å². The smallest absolute Gasteiger partial charge is 0.410 e. The summed E-state index contributed by atoms with van der Waals surface area (Å²) in [6, 6.07) is 1.78. The van der Waals surface area contributed by atoms with Crippen LogP contribution >= 0.6 is 0 Å². The Morgan fingerprint density at radius 1 is 1.44 bits per heavy atom. The summed E-state index contributed by atoms with van der Waals surface area (Å²) in [5.41, 5.74) is -2.02. The molecule has 0 aromatic heterocycles. The third kappa shape index (κ3) is 4.36. The van der Waals surface area contributed by atoms with Gasteiger partial charge in [0.2, 0.25) is 0 Å². The summed E-state index contributed by atoms with van der Waals surface area (Å²) in [6.45, 7) is 6.00. The maximum atomic E-state index is 14.1.